The van der Waals surface area contributed by atoms with Crippen LogP contribution in [0.15, 0.2) is 41.6 Å². The largest absolute Gasteiger partial charge is 0.389 e. The van der Waals surface area contributed by atoms with Crippen LogP contribution in [0.5, 0.6) is 0 Å². The summed E-state index contributed by atoms with van der Waals surface area (Å²) in [5, 5.41) is 3.91. The van der Waals surface area contributed by atoms with Gasteiger partial charge in [0.2, 0.25) is 10.0 Å². The van der Waals surface area contributed by atoms with Gasteiger partial charge in [-0.1, -0.05) is 0 Å². The van der Waals surface area contributed by atoms with Gasteiger partial charge in [-0.3, -0.25) is 0 Å². The van der Waals surface area contributed by atoms with Crippen molar-refractivity contribution in [2.45, 2.75) is 42.3 Å². The number of benzene rings is 1. The van der Waals surface area contributed by atoms with Crippen molar-refractivity contribution >= 4 is 10.0 Å². The monoisotopic (exact) mass is 377 g/mol. The minimum Gasteiger partial charge on any atom is -0.240 e. The molecule has 0 bridgehead atoms. The van der Waals surface area contributed by atoms with Gasteiger partial charge in [-0.25, -0.2) is 22.2 Å². The van der Waals surface area contributed by atoms with Crippen LogP contribution < -0.4 is 4.72 Å². The molecule has 1 aliphatic rings. The highest BCUT2D eigenvalue weighted by atomic mass is 32.2. The van der Waals surface area contributed by atoms with Crippen molar-refractivity contribution in [1.82, 2.24) is 14.5 Å². The van der Waals surface area contributed by atoms with Crippen molar-refractivity contribution in [3.63, 3.8) is 0 Å². The molecule has 5 nitrogen and oxygen atoms in total. The first-order valence-corrected chi connectivity index (χ1v) is 8.98. The van der Waals surface area contributed by atoms with Crippen LogP contribution in [0, 0.1) is 5.82 Å². The first-order valence-electron chi connectivity index (χ1n) is 7.50. The molecule has 1 N–H and O–H groups in total. The number of hydrogen-bond donors (Lipinski definition) is 1. The molecule has 1 aromatic heterocycles. The highest BCUT2D eigenvalue weighted by molar-refractivity contribution is 7.89. The molecule has 3 rings (SSSR count). The van der Waals surface area contributed by atoms with E-state index < -0.39 is 34.0 Å². The lowest BCUT2D eigenvalue weighted by Crippen LogP contribution is -2.37. The van der Waals surface area contributed by atoms with Gasteiger partial charge in [0.15, 0.2) is 0 Å². The van der Waals surface area contributed by atoms with Gasteiger partial charge in [-0.15, -0.1) is 0 Å². The van der Waals surface area contributed by atoms with Crippen molar-refractivity contribution in [2.75, 3.05) is 0 Å². The molecular formula is C15H15F4N3O2S. The lowest BCUT2D eigenvalue weighted by molar-refractivity contribution is -0.136. The number of halogens is 4. The van der Waals surface area contributed by atoms with E-state index in [9.17, 15) is 26.0 Å². The minimum absolute atomic E-state index is 0.157. The minimum atomic E-state index is -4.32. The van der Waals surface area contributed by atoms with Crippen LogP contribution in [0.4, 0.5) is 17.6 Å². The number of hydrogen-bond acceptors (Lipinski definition) is 3. The van der Waals surface area contributed by atoms with E-state index in [1.165, 1.54) is 35.1 Å². The predicted octanol–water partition coefficient (Wildman–Crippen LogP) is 3.16. The summed E-state index contributed by atoms with van der Waals surface area (Å²) >= 11 is 0. The molecule has 0 saturated heterocycles. The van der Waals surface area contributed by atoms with Crippen molar-refractivity contribution in [3.05, 3.63) is 42.5 Å². The van der Waals surface area contributed by atoms with Gasteiger partial charge >= 0.3 is 6.18 Å². The molecule has 1 fully saturated rings. The van der Waals surface area contributed by atoms with E-state index in [-0.39, 0.29) is 11.3 Å². The van der Waals surface area contributed by atoms with E-state index in [0.717, 1.165) is 6.20 Å². The molecule has 136 valence electrons. The molecule has 0 unspecified atom stereocenters. The van der Waals surface area contributed by atoms with Crippen molar-refractivity contribution in [2.24, 2.45) is 0 Å². The highest BCUT2D eigenvalue weighted by Crippen LogP contribution is 2.43. The number of sulfonamides is 1. The Hall–Kier alpha value is -1.94. The quantitative estimate of drug-likeness (QED) is 0.787. The average Bonchev–Trinajstić information content (AvgIpc) is 3.08. The smallest absolute Gasteiger partial charge is 0.240 e. The summed E-state index contributed by atoms with van der Waals surface area (Å²) in [6.45, 7) is 0. The van der Waals surface area contributed by atoms with Crippen LogP contribution in [0.25, 0.3) is 5.69 Å². The fourth-order valence-electron chi connectivity index (χ4n) is 2.46. The molecule has 0 atom stereocenters. The maximum atomic E-state index is 12.9. The normalized spacial score (nSPS) is 16.8. The Morgan fingerprint density at radius 1 is 1.20 bits per heavy atom. The summed E-state index contributed by atoms with van der Waals surface area (Å²) in [6, 6.07) is 5.27. The summed E-state index contributed by atoms with van der Waals surface area (Å²) < 4.78 is 78.5. The first-order chi connectivity index (χ1) is 11.6. The number of rotatable bonds is 6. The van der Waals surface area contributed by atoms with Gasteiger partial charge in [0.25, 0.3) is 0 Å². The molecule has 1 saturated carbocycles. The van der Waals surface area contributed by atoms with E-state index >= 15 is 0 Å². The fraction of sp³-hybridized carbons (Fsp3) is 0.400. The molecule has 25 heavy (non-hydrogen) atoms. The van der Waals surface area contributed by atoms with Crippen LogP contribution in [0.2, 0.25) is 0 Å². The van der Waals surface area contributed by atoms with E-state index in [2.05, 4.69) is 9.82 Å². The SMILES string of the molecule is O=S(=O)(NC1(CCC(F)(F)F)CC1)c1cnn(-c2ccc(F)cc2)c1. The molecule has 1 heterocycles. The summed E-state index contributed by atoms with van der Waals surface area (Å²) in [6.07, 6.45) is -2.58. The molecule has 0 radical (unpaired) electrons. The highest BCUT2D eigenvalue weighted by Gasteiger charge is 2.48. The summed E-state index contributed by atoms with van der Waals surface area (Å²) in [5.41, 5.74) is -0.576. The van der Waals surface area contributed by atoms with Crippen molar-refractivity contribution in [3.8, 4) is 5.69 Å². The van der Waals surface area contributed by atoms with Gasteiger partial charge in [-0.2, -0.15) is 18.3 Å². The van der Waals surface area contributed by atoms with E-state index in [1.807, 2.05) is 0 Å². The van der Waals surface area contributed by atoms with Crippen LogP contribution in [-0.4, -0.2) is 29.9 Å². The third-order valence-corrected chi connectivity index (χ3v) is 5.58. The Kier molecular flexibility index (Phi) is 4.36. The Labute approximate surface area is 141 Å². The number of nitrogens with zero attached hydrogens (tertiary/aromatic N) is 2. The first kappa shape index (κ1) is 17.9. The predicted molar refractivity (Wildman–Crippen MR) is 81.1 cm³/mol. The number of aromatic nitrogens is 2. The molecule has 1 aromatic carbocycles. The zero-order valence-corrected chi connectivity index (χ0v) is 13.7. The Balaban J connectivity index is 1.74. The van der Waals surface area contributed by atoms with E-state index in [1.54, 1.807) is 0 Å². The molecule has 10 heteroatoms. The lowest BCUT2D eigenvalue weighted by Gasteiger charge is -2.17. The van der Waals surface area contributed by atoms with Gasteiger partial charge in [-0.05, 0) is 43.5 Å². The van der Waals surface area contributed by atoms with Crippen molar-refractivity contribution < 1.29 is 26.0 Å². The second-order valence-electron chi connectivity index (χ2n) is 6.10. The van der Waals surface area contributed by atoms with Crippen LogP contribution in [-0.2, 0) is 10.0 Å². The molecule has 1 aliphatic carbocycles. The average molecular weight is 377 g/mol. The summed E-state index contributed by atoms with van der Waals surface area (Å²) in [4.78, 5) is -0.157. The molecule has 0 aliphatic heterocycles. The number of alkyl halides is 3. The maximum Gasteiger partial charge on any atom is 0.389 e. The standard InChI is InChI=1S/C15H15F4N3O2S/c16-11-1-3-12(4-2-11)22-10-13(9-20-22)25(23,24)21-14(5-6-14)7-8-15(17,18)19/h1-4,9-10,21H,5-8H2. The molecule has 0 spiro atoms. The topological polar surface area (TPSA) is 64.0 Å². The van der Waals surface area contributed by atoms with Gasteiger partial charge in [0.05, 0.1) is 18.1 Å². The Morgan fingerprint density at radius 2 is 1.84 bits per heavy atom. The summed E-state index contributed by atoms with van der Waals surface area (Å²) in [5.74, 6) is -0.439. The fourth-order valence-corrected chi connectivity index (χ4v) is 3.88. The number of nitrogens with one attached hydrogen (secondary N) is 1. The second kappa shape index (κ2) is 6.10. The van der Waals surface area contributed by atoms with Gasteiger partial charge in [0.1, 0.15) is 10.7 Å². The molecule has 2 aromatic rings. The maximum absolute atomic E-state index is 12.9. The summed E-state index contributed by atoms with van der Waals surface area (Å²) in [7, 11) is -3.99. The van der Waals surface area contributed by atoms with Crippen molar-refractivity contribution in [1.29, 1.82) is 0 Å². The lowest BCUT2D eigenvalue weighted by atomic mass is 10.1. The van der Waals surface area contributed by atoms with E-state index in [0.29, 0.717) is 18.5 Å². The Morgan fingerprint density at radius 3 is 2.40 bits per heavy atom. The van der Waals surface area contributed by atoms with Gasteiger partial charge in [0, 0.05) is 12.0 Å². The zero-order chi connectivity index (χ0) is 18.3. The van der Waals surface area contributed by atoms with Crippen LogP contribution in [0.3, 0.4) is 0 Å². The van der Waals surface area contributed by atoms with Crippen LogP contribution >= 0.6 is 0 Å². The van der Waals surface area contributed by atoms with E-state index in [4.69, 9.17) is 0 Å². The molecule has 0 amide bonds. The zero-order valence-electron chi connectivity index (χ0n) is 12.9. The second-order valence-corrected chi connectivity index (χ2v) is 7.78. The van der Waals surface area contributed by atoms with Gasteiger partial charge < -0.3 is 0 Å². The third-order valence-electron chi connectivity index (χ3n) is 4.05. The third kappa shape index (κ3) is 4.37. The Bertz CT molecular complexity index is 856. The van der Waals surface area contributed by atoms with Crippen LogP contribution in [0.1, 0.15) is 25.7 Å². The molecular weight excluding hydrogens is 362 g/mol.